The van der Waals surface area contributed by atoms with Crippen molar-refractivity contribution in [1.82, 2.24) is 35.7 Å². The predicted octanol–water partition coefficient (Wildman–Crippen LogP) is 3.54. The van der Waals surface area contributed by atoms with Crippen molar-refractivity contribution >= 4 is 75.5 Å². The first-order valence-electron chi connectivity index (χ1n) is 13.0. The lowest BCUT2D eigenvalue weighted by Gasteiger charge is -2.28. The molecule has 1 aromatic heterocycles. The predicted molar refractivity (Wildman–Crippen MR) is 166 cm³/mol. The van der Waals surface area contributed by atoms with Gasteiger partial charge in [-0.2, -0.15) is 4.80 Å². The Morgan fingerprint density at radius 1 is 1.00 bits per heavy atom. The first kappa shape index (κ1) is 34.8. The second kappa shape index (κ2) is 16.4. The number of hydrogen-bond donors (Lipinski definition) is 3. The van der Waals surface area contributed by atoms with E-state index < -0.39 is 59.9 Å². The maximum absolute atomic E-state index is 13.0. The molecule has 3 rings (SSSR count). The first-order valence-corrected chi connectivity index (χ1v) is 15.6. The summed E-state index contributed by atoms with van der Waals surface area (Å²) < 4.78 is 0. The fourth-order valence-electron chi connectivity index (χ4n) is 3.65. The van der Waals surface area contributed by atoms with E-state index in [1.54, 1.807) is 18.2 Å². The van der Waals surface area contributed by atoms with Crippen molar-refractivity contribution < 1.29 is 29.1 Å². The highest BCUT2D eigenvalue weighted by molar-refractivity contribution is 8.12. The van der Waals surface area contributed by atoms with Crippen LogP contribution in [0.15, 0.2) is 58.6 Å². The summed E-state index contributed by atoms with van der Waals surface area (Å²) in [7, 11) is 1.37. The third kappa shape index (κ3) is 10.2. The Bertz CT molecular complexity index is 1490. The van der Waals surface area contributed by atoms with Gasteiger partial charge in [0.05, 0.1) is 21.4 Å². The molecule has 0 saturated carbocycles. The van der Waals surface area contributed by atoms with Crippen LogP contribution in [-0.2, 0) is 31.5 Å². The zero-order valence-electron chi connectivity index (χ0n) is 23.8. The largest absolute Gasteiger partial charge is 0.481 e. The minimum absolute atomic E-state index is 0.139. The molecule has 3 N–H and O–H groups in total. The molecule has 3 aromatic rings. The smallest absolute Gasteiger partial charge is 0.305 e. The average molecular weight is 683 g/mol. The normalized spacial score (nSPS) is 12.9. The third-order valence-corrected chi connectivity index (χ3v) is 8.86. The molecule has 13 nitrogen and oxygen atoms in total. The van der Waals surface area contributed by atoms with Gasteiger partial charge in [-0.1, -0.05) is 71.4 Å². The van der Waals surface area contributed by atoms with E-state index in [-0.39, 0.29) is 5.16 Å². The van der Waals surface area contributed by atoms with Crippen LogP contribution in [0.2, 0.25) is 10.0 Å². The Balaban J connectivity index is 1.57. The van der Waals surface area contributed by atoms with Gasteiger partial charge in [-0.3, -0.25) is 24.0 Å². The molecule has 3 unspecified atom stereocenters. The van der Waals surface area contributed by atoms with Gasteiger partial charge in [-0.05, 0) is 48.5 Å². The van der Waals surface area contributed by atoms with E-state index in [2.05, 4.69) is 26.0 Å². The number of nitrogens with zero attached hydrogens (tertiary/aromatic N) is 5. The highest BCUT2D eigenvalue weighted by atomic mass is 35.5. The lowest BCUT2D eigenvalue weighted by molar-refractivity contribution is -0.143. The number of nitrogens with one attached hydrogen (secondary N) is 2. The molecule has 17 heteroatoms. The lowest BCUT2D eigenvalue weighted by Crippen LogP contribution is -2.54. The number of likely N-dealkylation sites (N-methyl/N-ethyl adjacent to an activating group) is 1. The molecular formula is C27H29Cl2N7O6S2. The monoisotopic (exact) mass is 681 g/mol. The fraction of sp³-hybridized carbons (Fsp3) is 0.333. The molecule has 2 aromatic carbocycles. The number of hydrogen-bond acceptors (Lipinski definition) is 10. The van der Waals surface area contributed by atoms with Gasteiger partial charge < -0.3 is 20.6 Å². The maximum Gasteiger partial charge on any atom is 0.305 e. The van der Waals surface area contributed by atoms with Crippen LogP contribution in [0.25, 0.3) is 0 Å². The molecule has 3 atom stereocenters. The summed E-state index contributed by atoms with van der Waals surface area (Å²) in [5.41, 5.74) is 0.945. The number of rotatable bonds is 14. The van der Waals surface area contributed by atoms with Gasteiger partial charge >= 0.3 is 5.97 Å². The molecule has 234 valence electrons. The number of tetrazole rings is 1. The van der Waals surface area contributed by atoms with E-state index in [0.717, 1.165) is 38.8 Å². The zero-order valence-corrected chi connectivity index (χ0v) is 26.9. The lowest BCUT2D eigenvalue weighted by atomic mass is 10.1. The summed E-state index contributed by atoms with van der Waals surface area (Å²) in [6.07, 6.45) is -0.717. The Labute approximate surface area is 271 Å². The fourth-order valence-corrected chi connectivity index (χ4v) is 5.75. The number of aromatic nitrogens is 4. The number of carboxylic acids is 1. The Hall–Kier alpha value is -3.66. The van der Waals surface area contributed by atoms with Crippen molar-refractivity contribution in [2.24, 2.45) is 0 Å². The maximum atomic E-state index is 13.0. The molecule has 0 saturated heterocycles. The zero-order chi connectivity index (χ0) is 32.4. The number of amides is 3. The summed E-state index contributed by atoms with van der Waals surface area (Å²) in [5.74, 6) is -2.95. The molecule has 0 bridgehead atoms. The van der Waals surface area contributed by atoms with Gasteiger partial charge in [0.2, 0.25) is 17.0 Å². The number of aliphatic carboxylic acids is 1. The number of carbonyl (C=O) groups is 5. The number of halogens is 2. The second-order valence-corrected chi connectivity index (χ2v) is 12.2. The second-order valence-electron chi connectivity index (χ2n) is 9.43. The van der Waals surface area contributed by atoms with E-state index in [9.17, 15) is 29.1 Å². The Morgan fingerprint density at radius 3 is 2.30 bits per heavy atom. The number of carboxylic acid groups (broad SMARTS) is 1. The van der Waals surface area contributed by atoms with Crippen molar-refractivity contribution in [3.05, 3.63) is 64.1 Å². The Morgan fingerprint density at radius 2 is 1.66 bits per heavy atom. The van der Waals surface area contributed by atoms with Crippen LogP contribution in [0, 0.1) is 0 Å². The van der Waals surface area contributed by atoms with E-state index in [0.29, 0.717) is 20.7 Å². The van der Waals surface area contributed by atoms with E-state index in [1.807, 2.05) is 30.3 Å². The average Bonchev–Trinajstić information content (AvgIpc) is 3.43. The van der Waals surface area contributed by atoms with E-state index >= 15 is 0 Å². The van der Waals surface area contributed by atoms with Crippen LogP contribution < -0.4 is 10.6 Å². The van der Waals surface area contributed by atoms with E-state index in [4.69, 9.17) is 23.2 Å². The van der Waals surface area contributed by atoms with Crippen LogP contribution >= 0.6 is 46.7 Å². The molecule has 0 radical (unpaired) electrons. The van der Waals surface area contributed by atoms with Crippen LogP contribution in [-0.4, -0.2) is 84.2 Å². The molecule has 0 aliphatic heterocycles. The van der Waals surface area contributed by atoms with Crippen LogP contribution in [0.5, 0.6) is 0 Å². The minimum atomic E-state index is -1.45. The van der Waals surface area contributed by atoms with Crippen molar-refractivity contribution in [2.75, 3.05) is 7.05 Å². The standard InChI is InChI=1S/C27H29Cl2N7O6S2/c1-15(30-27(42)43-14-17-8-5-4-6-9-17)25(41)35(3)16(2)24(40)31-20(12-22(38)39)21(37)13-36-33-26(32-34-36)44-23-18(28)10-7-11-19(23)29/h4-11,15-16,20H,12-14H2,1-3H3,(H,30,42)(H,31,40)(H,38,39). The highest BCUT2D eigenvalue weighted by Gasteiger charge is 2.31. The number of ketones is 1. The molecule has 44 heavy (non-hydrogen) atoms. The van der Waals surface area contributed by atoms with Gasteiger partial charge in [-0.15, -0.1) is 10.2 Å². The van der Waals surface area contributed by atoms with Crippen LogP contribution in [0.1, 0.15) is 25.8 Å². The molecule has 1 heterocycles. The van der Waals surface area contributed by atoms with Gasteiger partial charge in [-0.25, -0.2) is 0 Å². The number of Topliss-reactive ketones (excluding diaryl/α,β-unsaturated/α-hetero) is 1. The Kier molecular flexibility index (Phi) is 13.0. The summed E-state index contributed by atoms with van der Waals surface area (Å²) >= 11 is 14.4. The van der Waals surface area contributed by atoms with Gasteiger partial charge in [0.1, 0.15) is 24.7 Å². The number of carbonyl (C=O) groups excluding carboxylic acids is 4. The van der Waals surface area contributed by atoms with Crippen molar-refractivity contribution in [3.8, 4) is 0 Å². The SMILES string of the molecule is CC(NC(=O)SCc1ccccc1)C(=O)N(C)C(C)C(=O)NC(CC(=O)O)C(=O)Cn1nnc(Sc2c(Cl)cccc2Cl)n1. The van der Waals surface area contributed by atoms with E-state index in [1.165, 1.54) is 20.9 Å². The van der Waals surface area contributed by atoms with Crippen LogP contribution in [0.4, 0.5) is 4.79 Å². The quantitative estimate of drug-likeness (QED) is 0.227. The first-order chi connectivity index (χ1) is 20.8. The van der Waals surface area contributed by atoms with Crippen molar-refractivity contribution in [2.45, 2.75) is 60.7 Å². The highest BCUT2D eigenvalue weighted by Crippen LogP contribution is 2.36. The summed E-state index contributed by atoms with van der Waals surface area (Å²) in [6.45, 7) is 2.41. The minimum Gasteiger partial charge on any atom is -0.481 e. The molecule has 0 aliphatic carbocycles. The van der Waals surface area contributed by atoms with Gasteiger partial charge in [0.25, 0.3) is 5.24 Å². The molecule has 0 fully saturated rings. The van der Waals surface area contributed by atoms with Crippen molar-refractivity contribution in [1.29, 1.82) is 0 Å². The molecule has 3 amide bonds. The molecule has 0 spiro atoms. The van der Waals surface area contributed by atoms with Crippen LogP contribution in [0.3, 0.4) is 0 Å². The molecule has 0 aliphatic rings. The molecular weight excluding hydrogens is 653 g/mol. The summed E-state index contributed by atoms with van der Waals surface area (Å²) in [4.78, 5) is 65.3. The number of benzene rings is 2. The van der Waals surface area contributed by atoms with Gasteiger partial charge in [0, 0.05) is 12.8 Å². The number of thioether (sulfide) groups is 1. The van der Waals surface area contributed by atoms with Gasteiger partial charge in [0.15, 0.2) is 5.78 Å². The third-order valence-electron chi connectivity index (χ3n) is 6.15. The summed E-state index contributed by atoms with van der Waals surface area (Å²) in [5, 5.41) is 26.6. The topological polar surface area (TPSA) is 176 Å². The van der Waals surface area contributed by atoms with Crippen molar-refractivity contribution in [3.63, 3.8) is 0 Å². The summed E-state index contributed by atoms with van der Waals surface area (Å²) in [6, 6.07) is 10.8.